The number of para-hydroxylation sites is 2. The molecule has 37 heavy (non-hydrogen) atoms. The first-order valence-electron chi connectivity index (χ1n) is 12.7. The van der Waals surface area contributed by atoms with E-state index in [0.717, 1.165) is 57.3 Å². The summed E-state index contributed by atoms with van der Waals surface area (Å²) in [6.45, 7) is 4.37. The summed E-state index contributed by atoms with van der Waals surface area (Å²) in [4.78, 5) is 4.46. The lowest BCUT2D eigenvalue weighted by Gasteiger charge is -2.36. The molecular weight excluding hydrogens is 489 g/mol. The number of fused-ring (bicyclic) bond motifs is 6. The summed E-state index contributed by atoms with van der Waals surface area (Å²) in [5.41, 5.74) is 20.2. The fraction of sp³-hybridized carbons (Fsp3) is 0.152. The van der Waals surface area contributed by atoms with Crippen molar-refractivity contribution in [3.8, 4) is 22.3 Å². The second-order valence-electron chi connectivity index (χ2n) is 9.97. The van der Waals surface area contributed by atoms with Crippen molar-refractivity contribution in [2.45, 2.75) is 38.0 Å². The summed E-state index contributed by atoms with van der Waals surface area (Å²) < 4.78 is 0. The van der Waals surface area contributed by atoms with Gasteiger partial charge in [-0.15, -0.1) is 25.3 Å². The monoisotopic (exact) mass is 518 g/mol. The van der Waals surface area contributed by atoms with E-state index in [0.29, 0.717) is 0 Å². The first kappa shape index (κ1) is 24.0. The summed E-state index contributed by atoms with van der Waals surface area (Å²) in [6.07, 6.45) is 7.16. The fourth-order valence-electron chi connectivity index (χ4n) is 5.70. The molecule has 0 aromatic heterocycles. The number of rotatable bonds is 3. The molecule has 2 bridgehead atoms. The normalized spacial score (nSPS) is 14.2. The quantitative estimate of drug-likeness (QED) is 0.187. The summed E-state index contributed by atoms with van der Waals surface area (Å²) in [5, 5.41) is 0. The molecule has 0 saturated carbocycles. The topological polar surface area (TPSA) is 29.3 Å². The Bertz CT molecular complexity index is 1610. The highest BCUT2D eigenvalue weighted by Crippen LogP contribution is 2.52. The van der Waals surface area contributed by atoms with Gasteiger partial charge in [0.1, 0.15) is 0 Å². The van der Waals surface area contributed by atoms with Crippen LogP contribution in [0.4, 0.5) is 17.1 Å². The van der Waals surface area contributed by atoms with Gasteiger partial charge in [-0.05, 0) is 83.8 Å². The smallest absolute Gasteiger partial charge is 0.0604 e. The maximum atomic E-state index is 6.41. The second kappa shape index (κ2) is 9.51. The van der Waals surface area contributed by atoms with Gasteiger partial charge in [-0.25, -0.2) is 0 Å². The van der Waals surface area contributed by atoms with Crippen LogP contribution in [0, 0.1) is 13.8 Å². The number of aryl methyl sites for hydroxylation is 2. The number of nitrogen functional groups attached to an aromatic ring is 1. The number of nitrogens with two attached hydrogens (primary N) is 1. The highest BCUT2D eigenvalue weighted by atomic mass is 32.1. The zero-order valence-electron chi connectivity index (χ0n) is 21.1. The zero-order valence-corrected chi connectivity index (χ0v) is 22.9. The Labute approximate surface area is 230 Å². The van der Waals surface area contributed by atoms with Crippen LogP contribution in [0.1, 0.15) is 35.1 Å². The molecule has 4 aromatic rings. The Morgan fingerprint density at radius 3 is 2.41 bits per heavy atom. The van der Waals surface area contributed by atoms with Crippen LogP contribution >= 0.6 is 25.3 Å². The minimum absolute atomic E-state index is 0.754. The van der Waals surface area contributed by atoms with Gasteiger partial charge in [-0.2, -0.15) is 0 Å². The van der Waals surface area contributed by atoms with Crippen LogP contribution in [0.2, 0.25) is 0 Å². The van der Waals surface area contributed by atoms with Crippen molar-refractivity contribution in [3.05, 3.63) is 118 Å². The average molecular weight is 519 g/mol. The van der Waals surface area contributed by atoms with Crippen LogP contribution in [0.5, 0.6) is 0 Å². The van der Waals surface area contributed by atoms with Crippen LogP contribution in [0.3, 0.4) is 0 Å². The molecule has 1 aliphatic carbocycles. The van der Waals surface area contributed by atoms with Gasteiger partial charge >= 0.3 is 0 Å². The molecule has 0 radical (unpaired) electrons. The largest absolute Gasteiger partial charge is 0.398 e. The lowest BCUT2D eigenvalue weighted by Crippen LogP contribution is -2.21. The lowest BCUT2D eigenvalue weighted by atomic mass is 9.84. The molecule has 0 amide bonds. The predicted molar refractivity (Wildman–Crippen MR) is 164 cm³/mol. The van der Waals surface area contributed by atoms with E-state index in [4.69, 9.17) is 31.0 Å². The SMILES string of the molecule is Cc1cc2c(S)c(c1)N(C1=C(S)CCC=C1)c1c(C)cccc1-c1c(Cc3ccccc3N)cccc1-2. The Kier molecular flexibility index (Phi) is 6.18. The average Bonchev–Trinajstić information content (AvgIpc) is 2.89. The Balaban J connectivity index is 1.73. The third-order valence-corrected chi connectivity index (χ3v) is 8.37. The van der Waals surface area contributed by atoms with E-state index in [1.807, 2.05) is 12.1 Å². The zero-order chi connectivity index (χ0) is 25.7. The molecule has 0 atom stereocenters. The van der Waals surface area contributed by atoms with Gasteiger partial charge in [0.15, 0.2) is 0 Å². The number of hydrogen-bond donors (Lipinski definition) is 3. The molecule has 1 aliphatic heterocycles. The molecule has 0 fully saturated rings. The first-order valence-corrected chi connectivity index (χ1v) is 13.6. The van der Waals surface area contributed by atoms with Gasteiger partial charge in [0, 0.05) is 27.5 Å². The van der Waals surface area contributed by atoms with Crippen molar-refractivity contribution < 1.29 is 0 Å². The molecule has 6 rings (SSSR count). The molecule has 0 spiro atoms. The molecule has 2 nitrogen and oxygen atoms in total. The maximum Gasteiger partial charge on any atom is 0.0604 e. The Hall–Kier alpha value is -3.34. The van der Waals surface area contributed by atoms with E-state index in [1.165, 1.54) is 39.1 Å². The van der Waals surface area contributed by atoms with Crippen molar-refractivity contribution in [2.75, 3.05) is 10.6 Å². The van der Waals surface area contributed by atoms with Crippen molar-refractivity contribution in [3.63, 3.8) is 0 Å². The predicted octanol–water partition coefficient (Wildman–Crippen LogP) is 9.04. The highest BCUT2D eigenvalue weighted by molar-refractivity contribution is 7.84. The van der Waals surface area contributed by atoms with E-state index >= 15 is 0 Å². The van der Waals surface area contributed by atoms with E-state index in [9.17, 15) is 0 Å². The van der Waals surface area contributed by atoms with Crippen molar-refractivity contribution in [1.82, 2.24) is 0 Å². The van der Waals surface area contributed by atoms with Crippen LogP contribution in [-0.2, 0) is 6.42 Å². The number of thiol groups is 2. The number of hydrogen-bond acceptors (Lipinski definition) is 4. The third kappa shape index (κ3) is 4.09. The first-order chi connectivity index (χ1) is 17.9. The summed E-state index contributed by atoms with van der Waals surface area (Å²) in [7, 11) is 0. The fourth-order valence-corrected chi connectivity index (χ4v) is 6.35. The minimum atomic E-state index is 0.754. The number of anilines is 3. The Morgan fingerprint density at radius 1 is 0.838 bits per heavy atom. The van der Waals surface area contributed by atoms with Gasteiger partial charge in [-0.1, -0.05) is 66.7 Å². The summed E-state index contributed by atoms with van der Waals surface area (Å²) in [5.74, 6) is 0. The summed E-state index contributed by atoms with van der Waals surface area (Å²) in [6, 6.07) is 25.9. The molecule has 2 N–H and O–H groups in total. The van der Waals surface area contributed by atoms with Crippen molar-refractivity contribution in [2.24, 2.45) is 0 Å². The van der Waals surface area contributed by atoms with Crippen molar-refractivity contribution >= 4 is 42.3 Å². The lowest BCUT2D eigenvalue weighted by molar-refractivity contribution is 0.977. The number of nitrogens with zero attached hydrogens (tertiary/aromatic N) is 1. The van der Waals surface area contributed by atoms with Gasteiger partial charge in [-0.3, -0.25) is 0 Å². The van der Waals surface area contributed by atoms with Crippen LogP contribution in [0.25, 0.3) is 22.3 Å². The summed E-state index contributed by atoms with van der Waals surface area (Å²) >= 11 is 10.2. The van der Waals surface area contributed by atoms with Crippen molar-refractivity contribution in [1.29, 1.82) is 0 Å². The molecule has 0 saturated heterocycles. The molecule has 2 aliphatic rings. The minimum Gasteiger partial charge on any atom is -0.398 e. The molecule has 0 unspecified atom stereocenters. The van der Waals surface area contributed by atoms with Gasteiger partial charge < -0.3 is 10.6 Å². The van der Waals surface area contributed by atoms with Crippen LogP contribution in [0.15, 0.2) is 100 Å². The van der Waals surface area contributed by atoms with E-state index in [-0.39, 0.29) is 0 Å². The maximum absolute atomic E-state index is 6.41. The third-order valence-electron chi connectivity index (χ3n) is 7.44. The van der Waals surface area contributed by atoms with Crippen LogP contribution in [-0.4, -0.2) is 0 Å². The number of allylic oxidation sites excluding steroid dienone is 3. The number of benzene rings is 4. The molecule has 4 heteroatoms. The molecular formula is C33H30N2S2. The van der Waals surface area contributed by atoms with Crippen LogP contribution < -0.4 is 10.6 Å². The van der Waals surface area contributed by atoms with Gasteiger partial charge in [0.25, 0.3) is 0 Å². The van der Waals surface area contributed by atoms with Gasteiger partial charge in [0.05, 0.1) is 17.1 Å². The molecule has 184 valence electrons. The second-order valence-corrected chi connectivity index (χ2v) is 11.0. The van der Waals surface area contributed by atoms with E-state index in [1.54, 1.807) is 0 Å². The molecule has 1 heterocycles. The van der Waals surface area contributed by atoms with E-state index < -0.39 is 0 Å². The van der Waals surface area contributed by atoms with E-state index in [2.05, 4.69) is 91.6 Å². The Morgan fingerprint density at radius 2 is 1.59 bits per heavy atom. The molecule has 4 aromatic carbocycles. The van der Waals surface area contributed by atoms with Gasteiger partial charge in [0.2, 0.25) is 0 Å². The highest BCUT2D eigenvalue weighted by Gasteiger charge is 2.30. The standard InChI is InChI=1S/C33H30N2S2/c1-20-17-26-24-12-8-11-23(19-22-10-3-4-14-27(22)34)31(24)25-13-7-9-21(2)32(25)35(29(18-20)33(26)37)28-15-5-6-16-30(28)36/h3-5,7-15,17-18,36-37H,6,16,19,34H2,1-2H3.